The van der Waals surface area contributed by atoms with Gasteiger partial charge >= 0.3 is 0 Å². The lowest BCUT2D eigenvalue weighted by molar-refractivity contribution is 1.06. The van der Waals surface area contributed by atoms with Crippen LogP contribution in [0.4, 0.5) is 5.00 Å². The number of hydrogen-bond donors (Lipinski definition) is 2. The zero-order chi connectivity index (χ0) is 8.81. The van der Waals surface area contributed by atoms with E-state index < -0.39 is 0 Å². The fraction of sp³-hybridized carbons (Fsp3) is 0.667. The number of rotatable bonds is 5. The first-order chi connectivity index (χ1) is 5.88. The number of nitrogens with zero attached hydrogens (tertiary/aromatic N) is 2. The molecule has 3 N–H and O–H groups in total. The van der Waals surface area contributed by atoms with Crippen LogP contribution in [0.15, 0.2) is 0 Å². The van der Waals surface area contributed by atoms with Crippen LogP contribution in [-0.4, -0.2) is 15.3 Å². The summed E-state index contributed by atoms with van der Waals surface area (Å²) in [6.07, 6.45) is 1.19. The van der Waals surface area contributed by atoms with E-state index in [1.54, 1.807) is 0 Å². The Morgan fingerprint density at radius 2 is 2.50 bits per heavy atom. The van der Waals surface area contributed by atoms with E-state index in [1.165, 1.54) is 18.0 Å². The molecular formula is C6H12N4S2. The van der Waals surface area contributed by atoms with Gasteiger partial charge in [-0.3, -0.25) is 0 Å². The molecule has 1 aromatic heterocycles. The van der Waals surface area contributed by atoms with Crippen LogP contribution in [0.5, 0.6) is 0 Å². The predicted molar refractivity (Wildman–Crippen MR) is 54.2 cm³/mol. The Hall–Kier alpha value is -0.330. The maximum Gasteiger partial charge on any atom is 0.148 e. The van der Waals surface area contributed by atoms with Crippen molar-refractivity contribution in [2.24, 2.45) is 5.84 Å². The highest BCUT2D eigenvalue weighted by Gasteiger charge is 2.04. The average molecular weight is 204 g/mol. The molecule has 0 aliphatic carbocycles. The van der Waals surface area contributed by atoms with E-state index in [2.05, 4.69) is 21.9 Å². The number of thioether (sulfide) groups is 1. The lowest BCUT2D eigenvalue weighted by Gasteiger charge is -1.98. The molecule has 68 valence electrons. The van der Waals surface area contributed by atoms with Crippen molar-refractivity contribution in [3.05, 3.63) is 5.69 Å². The van der Waals surface area contributed by atoms with Crippen LogP contribution < -0.4 is 11.3 Å². The molecule has 0 radical (unpaired) electrons. The zero-order valence-electron chi connectivity index (χ0n) is 6.91. The van der Waals surface area contributed by atoms with Gasteiger partial charge in [0, 0.05) is 17.3 Å². The summed E-state index contributed by atoms with van der Waals surface area (Å²) in [4.78, 5) is 0. The highest BCUT2D eigenvalue weighted by Crippen LogP contribution is 2.21. The predicted octanol–water partition coefficient (Wildman–Crippen LogP) is 1.47. The molecule has 1 heterocycles. The number of aromatic nitrogens is 2. The van der Waals surface area contributed by atoms with Gasteiger partial charge in [-0.2, -0.15) is 11.8 Å². The van der Waals surface area contributed by atoms with E-state index in [1.807, 2.05) is 11.8 Å². The Bertz CT molecular complexity index is 225. The standard InChI is InChI=1S/C6H12N4S2/c1-2-3-11-4-5-6(8-7)12-10-9-5/h8H,2-4,7H2,1H3. The summed E-state index contributed by atoms with van der Waals surface area (Å²) in [6.45, 7) is 2.16. The van der Waals surface area contributed by atoms with Crippen molar-refractivity contribution in [1.82, 2.24) is 9.59 Å². The SMILES string of the molecule is CCCSCc1nnsc1NN. The number of nitrogens with one attached hydrogen (secondary N) is 1. The maximum atomic E-state index is 5.27. The first-order valence-electron chi connectivity index (χ1n) is 3.74. The molecule has 1 rings (SSSR count). The highest BCUT2D eigenvalue weighted by atomic mass is 32.2. The number of hydrogen-bond acceptors (Lipinski definition) is 6. The van der Waals surface area contributed by atoms with Crippen LogP contribution in [0.3, 0.4) is 0 Å². The first kappa shape index (κ1) is 9.76. The van der Waals surface area contributed by atoms with Gasteiger partial charge in [0.2, 0.25) is 0 Å². The number of anilines is 1. The number of nitrogen functional groups attached to an aromatic ring is 1. The zero-order valence-corrected chi connectivity index (χ0v) is 8.54. The number of nitrogens with two attached hydrogens (primary N) is 1. The second kappa shape index (κ2) is 5.34. The monoisotopic (exact) mass is 204 g/mol. The van der Waals surface area contributed by atoms with Crippen molar-refractivity contribution in [2.45, 2.75) is 19.1 Å². The van der Waals surface area contributed by atoms with Gasteiger partial charge in [0.25, 0.3) is 0 Å². The lowest BCUT2D eigenvalue weighted by atomic mass is 10.5. The van der Waals surface area contributed by atoms with E-state index in [-0.39, 0.29) is 0 Å². The van der Waals surface area contributed by atoms with Gasteiger partial charge < -0.3 is 5.43 Å². The van der Waals surface area contributed by atoms with Crippen LogP contribution in [0, 0.1) is 0 Å². The molecule has 6 heteroatoms. The molecule has 0 aliphatic rings. The summed E-state index contributed by atoms with van der Waals surface area (Å²) in [5, 5.41) is 4.84. The molecule has 0 aromatic carbocycles. The quantitative estimate of drug-likeness (QED) is 0.432. The normalized spacial score (nSPS) is 10.2. The second-order valence-electron chi connectivity index (χ2n) is 2.25. The Kier molecular flexibility index (Phi) is 4.34. The van der Waals surface area contributed by atoms with E-state index >= 15 is 0 Å². The smallest absolute Gasteiger partial charge is 0.148 e. The highest BCUT2D eigenvalue weighted by molar-refractivity contribution is 7.98. The van der Waals surface area contributed by atoms with E-state index in [9.17, 15) is 0 Å². The lowest BCUT2D eigenvalue weighted by Crippen LogP contribution is -2.06. The van der Waals surface area contributed by atoms with Gasteiger partial charge in [0.1, 0.15) is 10.7 Å². The van der Waals surface area contributed by atoms with Gasteiger partial charge in [0.05, 0.1) is 0 Å². The summed E-state index contributed by atoms with van der Waals surface area (Å²) >= 11 is 3.15. The minimum absolute atomic E-state index is 0.874. The van der Waals surface area contributed by atoms with Gasteiger partial charge in [0.15, 0.2) is 0 Å². The summed E-state index contributed by atoms with van der Waals surface area (Å²) in [7, 11) is 0. The summed E-state index contributed by atoms with van der Waals surface area (Å²) < 4.78 is 3.81. The van der Waals surface area contributed by atoms with E-state index in [0.717, 1.165) is 22.2 Å². The molecule has 0 unspecified atom stereocenters. The summed E-state index contributed by atoms with van der Waals surface area (Å²) in [5.41, 5.74) is 3.54. The van der Waals surface area contributed by atoms with Crippen LogP contribution >= 0.6 is 23.3 Å². The summed E-state index contributed by atoms with van der Waals surface area (Å²) in [6, 6.07) is 0. The third-order valence-electron chi connectivity index (χ3n) is 1.27. The summed E-state index contributed by atoms with van der Waals surface area (Å²) in [5.74, 6) is 7.32. The molecule has 0 fully saturated rings. The van der Waals surface area contributed by atoms with Crippen molar-refractivity contribution < 1.29 is 0 Å². The molecular weight excluding hydrogens is 192 g/mol. The van der Waals surface area contributed by atoms with Crippen molar-refractivity contribution in [2.75, 3.05) is 11.2 Å². The minimum atomic E-state index is 0.874. The molecule has 0 spiro atoms. The maximum absolute atomic E-state index is 5.27. The fourth-order valence-corrected chi connectivity index (χ4v) is 2.14. The first-order valence-corrected chi connectivity index (χ1v) is 5.67. The largest absolute Gasteiger partial charge is 0.313 e. The van der Waals surface area contributed by atoms with Crippen LogP contribution in [0.2, 0.25) is 0 Å². The molecule has 0 saturated carbocycles. The van der Waals surface area contributed by atoms with E-state index in [0.29, 0.717) is 0 Å². The second-order valence-corrected chi connectivity index (χ2v) is 4.10. The van der Waals surface area contributed by atoms with Crippen molar-refractivity contribution in [3.63, 3.8) is 0 Å². The van der Waals surface area contributed by atoms with Crippen LogP contribution in [0.1, 0.15) is 19.0 Å². The van der Waals surface area contributed by atoms with E-state index in [4.69, 9.17) is 5.84 Å². The molecule has 4 nitrogen and oxygen atoms in total. The van der Waals surface area contributed by atoms with Crippen molar-refractivity contribution in [3.8, 4) is 0 Å². The van der Waals surface area contributed by atoms with Gasteiger partial charge in [-0.05, 0) is 12.2 Å². The molecule has 0 amide bonds. The Morgan fingerprint density at radius 3 is 3.17 bits per heavy atom. The van der Waals surface area contributed by atoms with Gasteiger partial charge in [-0.1, -0.05) is 11.4 Å². The molecule has 0 bridgehead atoms. The average Bonchev–Trinajstić information content (AvgIpc) is 2.52. The third-order valence-corrected chi connectivity index (χ3v) is 3.15. The minimum Gasteiger partial charge on any atom is -0.313 e. The molecule has 1 aromatic rings. The van der Waals surface area contributed by atoms with Crippen molar-refractivity contribution >= 4 is 28.3 Å². The molecule has 12 heavy (non-hydrogen) atoms. The molecule has 0 aliphatic heterocycles. The van der Waals surface area contributed by atoms with Crippen molar-refractivity contribution in [1.29, 1.82) is 0 Å². The van der Waals surface area contributed by atoms with Gasteiger partial charge in [-0.15, -0.1) is 5.10 Å². The third kappa shape index (κ3) is 2.62. The number of hydrazine groups is 1. The topological polar surface area (TPSA) is 63.8 Å². The molecule has 0 atom stereocenters. The Morgan fingerprint density at radius 1 is 1.67 bits per heavy atom. The van der Waals surface area contributed by atoms with Gasteiger partial charge in [-0.25, -0.2) is 5.84 Å². The Labute approximate surface area is 80.1 Å². The van der Waals surface area contributed by atoms with Crippen LogP contribution in [-0.2, 0) is 5.75 Å². The molecule has 0 saturated heterocycles. The Balaban J connectivity index is 2.39. The van der Waals surface area contributed by atoms with Crippen LogP contribution in [0.25, 0.3) is 0 Å². The fourth-order valence-electron chi connectivity index (χ4n) is 0.726.